The minimum atomic E-state index is -0.793. The Morgan fingerprint density at radius 3 is 2.87 bits per heavy atom. The lowest BCUT2D eigenvalue weighted by Gasteiger charge is -2.10. The van der Waals surface area contributed by atoms with Crippen LogP contribution in [-0.2, 0) is 11.3 Å². The Balaban J connectivity index is 2.02. The van der Waals surface area contributed by atoms with E-state index in [4.69, 9.17) is 9.47 Å². The Morgan fingerprint density at radius 2 is 2.13 bits per heavy atom. The Kier molecular flexibility index (Phi) is 4.23. The third-order valence-corrected chi connectivity index (χ3v) is 3.32. The first-order valence-corrected chi connectivity index (χ1v) is 7.20. The fraction of sp³-hybridized carbons (Fsp3) is 0.176. The van der Waals surface area contributed by atoms with Gasteiger partial charge in [0, 0.05) is 17.6 Å². The van der Waals surface area contributed by atoms with E-state index >= 15 is 0 Å². The Hall–Kier alpha value is -2.89. The van der Waals surface area contributed by atoms with Gasteiger partial charge in [-0.15, -0.1) is 0 Å². The van der Waals surface area contributed by atoms with Crippen LogP contribution in [0, 0.1) is 5.82 Å². The highest BCUT2D eigenvalue weighted by atomic mass is 19.1. The molecule has 0 aliphatic rings. The second kappa shape index (κ2) is 6.48. The van der Waals surface area contributed by atoms with E-state index in [1.165, 1.54) is 12.1 Å². The van der Waals surface area contributed by atoms with Gasteiger partial charge in [0.05, 0.1) is 24.4 Å². The standard InChI is InChI=1S/C17H15FN2O3/c1-2-22-17(21)23-16-10-12-9-13(18)6-7-15(12)20(16)11-14-5-3-4-8-19-14/h3-10H,2,11H2,1H3. The molecule has 0 aliphatic heterocycles. The number of carbonyl (C=O) groups is 1. The van der Waals surface area contributed by atoms with Gasteiger partial charge in [0.2, 0.25) is 5.88 Å². The monoisotopic (exact) mass is 314 g/mol. The SMILES string of the molecule is CCOC(=O)Oc1cc2cc(F)ccc2n1Cc1ccccn1. The molecule has 0 N–H and O–H groups in total. The summed E-state index contributed by atoms with van der Waals surface area (Å²) in [4.78, 5) is 15.9. The largest absolute Gasteiger partial charge is 0.515 e. The van der Waals surface area contributed by atoms with Crippen LogP contribution in [0.1, 0.15) is 12.6 Å². The average molecular weight is 314 g/mol. The first kappa shape index (κ1) is 15.0. The van der Waals surface area contributed by atoms with Crippen LogP contribution >= 0.6 is 0 Å². The van der Waals surface area contributed by atoms with E-state index in [2.05, 4.69) is 4.98 Å². The quantitative estimate of drug-likeness (QED) is 0.688. The third kappa shape index (κ3) is 3.31. The zero-order valence-electron chi connectivity index (χ0n) is 12.5. The van der Waals surface area contributed by atoms with Crippen molar-refractivity contribution in [3.05, 3.63) is 60.2 Å². The van der Waals surface area contributed by atoms with Crippen LogP contribution in [0.25, 0.3) is 10.9 Å². The zero-order chi connectivity index (χ0) is 16.2. The zero-order valence-corrected chi connectivity index (χ0v) is 12.5. The van der Waals surface area contributed by atoms with E-state index in [0.29, 0.717) is 11.9 Å². The van der Waals surface area contributed by atoms with Crippen molar-refractivity contribution in [3.63, 3.8) is 0 Å². The summed E-state index contributed by atoms with van der Waals surface area (Å²) in [5.41, 5.74) is 1.54. The molecule has 0 spiro atoms. The van der Waals surface area contributed by atoms with E-state index in [1.54, 1.807) is 29.8 Å². The molecule has 1 aromatic carbocycles. The Bertz CT molecular complexity index is 830. The van der Waals surface area contributed by atoms with Crippen molar-refractivity contribution in [1.29, 1.82) is 0 Å². The van der Waals surface area contributed by atoms with Crippen molar-refractivity contribution >= 4 is 17.1 Å². The number of halogens is 1. The summed E-state index contributed by atoms with van der Waals surface area (Å²) in [6.07, 6.45) is 0.894. The van der Waals surface area contributed by atoms with Gasteiger partial charge in [0.1, 0.15) is 5.82 Å². The van der Waals surface area contributed by atoms with Crippen molar-refractivity contribution < 1.29 is 18.7 Å². The van der Waals surface area contributed by atoms with Gasteiger partial charge < -0.3 is 14.0 Å². The number of pyridine rings is 1. The van der Waals surface area contributed by atoms with Crippen LogP contribution in [0.4, 0.5) is 9.18 Å². The van der Waals surface area contributed by atoms with Gasteiger partial charge in [-0.05, 0) is 37.3 Å². The predicted octanol–water partition coefficient (Wildman–Crippen LogP) is 3.76. The van der Waals surface area contributed by atoms with Crippen LogP contribution in [0.2, 0.25) is 0 Å². The molecule has 0 radical (unpaired) electrons. The van der Waals surface area contributed by atoms with Gasteiger partial charge >= 0.3 is 6.16 Å². The molecule has 6 heteroatoms. The third-order valence-electron chi connectivity index (χ3n) is 3.32. The molecule has 0 atom stereocenters. The molecule has 118 valence electrons. The van der Waals surface area contributed by atoms with Gasteiger partial charge in [-0.25, -0.2) is 9.18 Å². The molecule has 0 amide bonds. The topological polar surface area (TPSA) is 53.4 Å². The molecule has 0 bridgehead atoms. The van der Waals surface area contributed by atoms with Crippen LogP contribution < -0.4 is 4.74 Å². The minimum absolute atomic E-state index is 0.216. The Labute approximate surface area is 132 Å². The summed E-state index contributed by atoms with van der Waals surface area (Å²) < 4.78 is 25.2. The number of benzene rings is 1. The summed E-state index contributed by atoms with van der Waals surface area (Å²) in [6.45, 7) is 2.30. The van der Waals surface area contributed by atoms with Crippen molar-refractivity contribution in [2.24, 2.45) is 0 Å². The van der Waals surface area contributed by atoms with Crippen LogP contribution in [0.15, 0.2) is 48.7 Å². The van der Waals surface area contributed by atoms with Crippen molar-refractivity contribution in [2.75, 3.05) is 6.61 Å². The number of rotatable bonds is 4. The number of carbonyl (C=O) groups excluding carboxylic acids is 1. The molecule has 3 aromatic rings. The Morgan fingerprint density at radius 1 is 1.26 bits per heavy atom. The number of hydrogen-bond acceptors (Lipinski definition) is 4. The highest BCUT2D eigenvalue weighted by molar-refractivity contribution is 5.83. The van der Waals surface area contributed by atoms with Gasteiger partial charge in [-0.1, -0.05) is 6.07 Å². The first-order chi connectivity index (χ1) is 11.2. The van der Waals surface area contributed by atoms with E-state index in [9.17, 15) is 9.18 Å². The van der Waals surface area contributed by atoms with Crippen molar-refractivity contribution in [1.82, 2.24) is 9.55 Å². The van der Waals surface area contributed by atoms with Crippen molar-refractivity contribution in [2.45, 2.75) is 13.5 Å². The normalized spacial score (nSPS) is 10.7. The number of nitrogens with zero attached hydrogens (tertiary/aromatic N) is 2. The van der Waals surface area contributed by atoms with Gasteiger partial charge in [0.25, 0.3) is 0 Å². The molecule has 0 fully saturated rings. The summed E-state index contributed by atoms with van der Waals surface area (Å²) in [7, 11) is 0. The van der Waals surface area contributed by atoms with E-state index in [-0.39, 0.29) is 18.3 Å². The molecule has 2 heterocycles. The predicted molar refractivity (Wildman–Crippen MR) is 82.9 cm³/mol. The smallest absolute Gasteiger partial charge is 0.434 e. The molecule has 0 unspecified atom stereocenters. The average Bonchev–Trinajstić information content (AvgIpc) is 2.85. The summed E-state index contributed by atoms with van der Waals surface area (Å²) in [6, 6.07) is 11.6. The molecule has 0 saturated heterocycles. The van der Waals surface area contributed by atoms with Crippen LogP contribution in [-0.4, -0.2) is 22.3 Å². The first-order valence-electron chi connectivity index (χ1n) is 7.20. The fourth-order valence-electron chi connectivity index (χ4n) is 2.35. The molecule has 3 rings (SSSR count). The lowest BCUT2D eigenvalue weighted by atomic mass is 10.2. The van der Waals surface area contributed by atoms with Gasteiger partial charge in [0.15, 0.2) is 0 Å². The summed E-state index contributed by atoms with van der Waals surface area (Å²) >= 11 is 0. The van der Waals surface area contributed by atoms with Gasteiger partial charge in [-0.3, -0.25) is 4.98 Å². The lowest BCUT2D eigenvalue weighted by Crippen LogP contribution is -2.13. The van der Waals surface area contributed by atoms with E-state index in [0.717, 1.165) is 11.2 Å². The summed E-state index contributed by atoms with van der Waals surface area (Å²) in [5.74, 6) is -0.0649. The van der Waals surface area contributed by atoms with Crippen LogP contribution in [0.5, 0.6) is 5.88 Å². The number of ether oxygens (including phenoxy) is 2. The van der Waals surface area contributed by atoms with E-state index in [1.807, 2.05) is 18.2 Å². The van der Waals surface area contributed by atoms with Gasteiger partial charge in [-0.2, -0.15) is 0 Å². The van der Waals surface area contributed by atoms with Crippen molar-refractivity contribution in [3.8, 4) is 5.88 Å². The molecule has 0 aliphatic carbocycles. The minimum Gasteiger partial charge on any atom is -0.434 e. The lowest BCUT2D eigenvalue weighted by molar-refractivity contribution is 0.101. The maximum Gasteiger partial charge on any atom is 0.515 e. The second-order valence-electron chi connectivity index (χ2n) is 4.88. The molecule has 0 saturated carbocycles. The summed E-state index contributed by atoms with van der Waals surface area (Å²) in [5, 5.41) is 0.639. The van der Waals surface area contributed by atoms with E-state index < -0.39 is 6.16 Å². The maximum absolute atomic E-state index is 13.4. The highest BCUT2D eigenvalue weighted by Gasteiger charge is 2.15. The number of hydrogen-bond donors (Lipinski definition) is 0. The maximum atomic E-state index is 13.4. The molecule has 5 nitrogen and oxygen atoms in total. The molecular formula is C17H15FN2O3. The molecule has 23 heavy (non-hydrogen) atoms. The molecule has 2 aromatic heterocycles. The molecular weight excluding hydrogens is 299 g/mol. The highest BCUT2D eigenvalue weighted by Crippen LogP contribution is 2.27. The second-order valence-corrected chi connectivity index (χ2v) is 4.88. The fourth-order valence-corrected chi connectivity index (χ4v) is 2.35. The number of fused-ring (bicyclic) bond motifs is 1. The number of aromatic nitrogens is 2. The van der Waals surface area contributed by atoms with Crippen LogP contribution in [0.3, 0.4) is 0 Å².